The first kappa shape index (κ1) is 65.4. The number of halogens is 3. The number of likely N-dealkylation sites (tertiary alicyclic amines) is 2. The number of hydrogen-bond donors (Lipinski definition) is 10. The van der Waals surface area contributed by atoms with Crippen molar-refractivity contribution in [3.8, 4) is 0 Å². The van der Waals surface area contributed by atoms with Gasteiger partial charge in [0, 0.05) is 75.4 Å². The van der Waals surface area contributed by atoms with E-state index in [1.54, 1.807) is 82.6 Å². The summed E-state index contributed by atoms with van der Waals surface area (Å²) in [6, 6.07) is 30.3. The largest absolute Gasteiger partial charge is 0.445 e. The second kappa shape index (κ2) is 31.4. The zero-order valence-electron chi connectivity index (χ0n) is 48.9. The van der Waals surface area contributed by atoms with Crippen molar-refractivity contribution in [3.05, 3.63) is 153 Å². The molecule has 6 heterocycles. The lowest BCUT2D eigenvalue weighted by molar-refractivity contribution is -0.129. The number of nitrogens with two attached hydrogens (primary N) is 3. The Balaban J connectivity index is 0.000000175. The molecular weight excluding hydrogens is 1210 g/mol. The maximum atomic E-state index is 12.7. The van der Waals surface area contributed by atoms with Gasteiger partial charge in [-0.05, 0) is 150 Å². The molecule has 0 spiro atoms. The number of nitrogens with zero attached hydrogens (tertiary/aromatic N) is 11. The lowest BCUT2D eigenvalue weighted by Gasteiger charge is -2.39. The minimum atomic E-state index is -0.758. The molecule has 466 valence electrons. The average molecular weight is 1270 g/mol. The fraction of sp³-hybridized carbons (Fsp3) is 0.322. The van der Waals surface area contributed by atoms with Crippen LogP contribution in [0.25, 0.3) is 0 Å². The highest BCUT2D eigenvalue weighted by Gasteiger charge is 2.34. The summed E-state index contributed by atoms with van der Waals surface area (Å²) < 4.78 is 5.52. The third-order valence-electron chi connectivity index (χ3n) is 14.7. The molecule has 6 atom stereocenters. The van der Waals surface area contributed by atoms with Crippen LogP contribution in [-0.4, -0.2) is 141 Å². The number of ether oxygens (including phenoxy) is 1. The molecule has 0 aliphatic carbocycles. The molecule has 27 nitrogen and oxygen atoms in total. The fourth-order valence-corrected chi connectivity index (χ4v) is 10.2. The van der Waals surface area contributed by atoms with E-state index >= 15 is 0 Å². The van der Waals surface area contributed by atoms with Gasteiger partial charge in [0.25, 0.3) is 17.7 Å². The van der Waals surface area contributed by atoms with Gasteiger partial charge < -0.3 is 69.0 Å². The maximum absolute atomic E-state index is 12.7. The van der Waals surface area contributed by atoms with Crippen molar-refractivity contribution in [1.29, 1.82) is 0 Å². The summed E-state index contributed by atoms with van der Waals surface area (Å²) in [4.78, 5) is 76.6. The van der Waals surface area contributed by atoms with Crippen LogP contribution >= 0.6 is 34.8 Å². The van der Waals surface area contributed by atoms with Gasteiger partial charge in [0.2, 0.25) is 23.8 Å². The molecule has 0 saturated carbocycles. The summed E-state index contributed by atoms with van der Waals surface area (Å²) in [6.45, 7) is 12.0. The lowest BCUT2D eigenvalue weighted by atomic mass is 9.97. The molecule has 7 aromatic rings. The molecule has 0 unspecified atom stereocenters. The first-order valence-electron chi connectivity index (χ1n) is 28.5. The predicted octanol–water partition coefficient (Wildman–Crippen LogP) is 8.23. The number of carbonyl (C=O) groups is 5. The second-order valence-electron chi connectivity index (χ2n) is 20.9. The molecule has 30 heteroatoms. The van der Waals surface area contributed by atoms with E-state index in [0.29, 0.717) is 57.2 Å². The van der Waals surface area contributed by atoms with Crippen molar-refractivity contribution in [2.24, 2.45) is 17.2 Å². The number of piperidine rings is 3. The molecule has 0 radical (unpaired) electrons. The van der Waals surface area contributed by atoms with Gasteiger partial charge in [-0.2, -0.15) is 15.0 Å². The van der Waals surface area contributed by atoms with Gasteiger partial charge in [-0.15, -0.1) is 30.6 Å². The maximum Gasteiger partial charge on any atom is 0.410 e. The SMILES string of the molecule is C=CC(=O)N1CCC[C@@H](Nc2nnc(C(N)=O)c(Nc3ccc(Cl)cc3)n2)[C@H]1C.C[C@@H]1[C@H](Nc2nnc(C(N)=O)c(Nc3ccc(Cl)cc3)n2)CCCN1C(=O)OCc1ccccc1.C[C@H]1NCCC[C@H]1Nc1nnc(C(N)=O)c(Nc2ccc(Cl)cc2)n1. The van der Waals surface area contributed by atoms with Crippen LogP contribution in [-0.2, 0) is 16.1 Å². The minimum absolute atomic E-state index is 0.0182. The number of carbonyl (C=O) groups excluding carboxylic acids is 5. The molecule has 0 bridgehead atoms. The van der Waals surface area contributed by atoms with Gasteiger partial charge in [-0.1, -0.05) is 71.7 Å². The highest BCUT2D eigenvalue weighted by molar-refractivity contribution is 6.31. The summed E-state index contributed by atoms with van der Waals surface area (Å²) >= 11 is 17.7. The van der Waals surface area contributed by atoms with Crippen molar-refractivity contribution in [3.63, 3.8) is 0 Å². The summed E-state index contributed by atoms with van der Waals surface area (Å²) in [6.07, 6.45) is 6.27. The van der Waals surface area contributed by atoms with Gasteiger partial charge in [0.1, 0.15) is 6.61 Å². The van der Waals surface area contributed by atoms with Crippen LogP contribution in [0.3, 0.4) is 0 Å². The van der Waals surface area contributed by atoms with Crippen LogP contribution in [0.15, 0.2) is 116 Å². The smallest absolute Gasteiger partial charge is 0.410 e. The number of nitrogens with one attached hydrogen (secondary N) is 7. The van der Waals surface area contributed by atoms with E-state index in [0.717, 1.165) is 50.6 Å². The molecule has 5 amide bonds. The zero-order chi connectivity index (χ0) is 63.6. The Morgan fingerprint density at radius 1 is 0.551 bits per heavy atom. The second-order valence-corrected chi connectivity index (χ2v) is 22.2. The predicted molar refractivity (Wildman–Crippen MR) is 341 cm³/mol. The summed E-state index contributed by atoms with van der Waals surface area (Å²) in [5.41, 5.74) is 19.0. The fourth-order valence-electron chi connectivity index (χ4n) is 9.83. The molecule has 3 aliphatic rings. The third kappa shape index (κ3) is 18.5. The summed E-state index contributed by atoms with van der Waals surface area (Å²) in [5.74, 6) is -0.925. The van der Waals surface area contributed by atoms with Crippen LogP contribution < -0.4 is 54.4 Å². The van der Waals surface area contributed by atoms with Crippen molar-refractivity contribution in [2.45, 2.75) is 102 Å². The van der Waals surface area contributed by atoms with E-state index in [-0.39, 0.29) is 95.2 Å². The molecule has 4 aromatic carbocycles. The van der Waals surface area contributed by atoms with Crippen molar-refractivity contribution < 1.29 is 28.7 Å². The minimum Gasteiger partial charge on any atom is -0.445 e. The topological polar surface area (TPSA) is 379 Å². The number of anilines is 9. The first-order chi connectivity index (χ1) is 42.8. The third-order valence-corrected chi connectivity index (χ3v) is 15.4. The van der Waals surface area contributed by atoms with E-state index in [9.17, 15) is 24.0 Å². The molecule has 10 rings (SSSR count). The molecular formula is C59H68Cl3N21O6. The van der Waals surface area contributed by atoms with Gasteiger partial charge >= 0.3 is 6.09 Å². The quantitative estimate of drug-likeness (QED) is 0.0361. The van der Waals surface area contributed by atoms with E-state index in [4.69, 9.17) is 56.7 Å². The normalized spacial score (nSPS) is 18.6. The number of rotatable bonds is 18. The molecule has 3 fully saturated rings. The molecule has 89 heavy (non-hydrogen) atoms. The Bertz CT molecular complexity index is 3580. The molecule has 3 aliphatic heterocycles. The summed E-state index contributed by atoms with van der Waals surface area (Å²) in [7, 11) is 0. The number of aromatic nitrogens is 9. The zero-order valence-corrected chi connectivity index (χ0v) is 51.1. The van der Waals surface area contributed by atoms with Crippen LogP contribution in [0.1, 0.15) is 96.3 Å². The Labute approximate surface area is 528 Å². The van der Waals surface area contributed by atoms with E-state index in [1.807, 2.05) is 44.2 Å². The lowest BCUT2D eigenvalue weighted by Crippen LogP contribution is -2.52. The molecule has 13 N–H and O–H groups in total. The van der Waals surface area contributed by atoms with Crippen LogP contribution in [0.2, 0.25) is 15.1 Å². The van der Waals surface area contributed by atoms with E-state index in [1.165, 1.54) is 6.08 Å². The Morgan fingerprint density at radius 2 is 0.933 bits per heavy atom. The van der Waals surface area contributed by atoms with Gasteiger partial charge in [-0.25, -0.2) is 4.79 Å². The van der Waals surface area contributed by atoms with Gasteiger partial charge in [0.05, 0.1) is 6.04 Å². The van der Waals surface area contributed by atoms with Crippen LogP contribution in [0, 0.1) is 0 Å². The highest BCUT2D eigenvalue weighted by Crippen LogP contribution is 2.28. The Morgan fingerprint density at radius 3 is 1.33 bits per heavy atom. The van der Waals surface area contributed by atoms with E-state index in [2.05, 4.69) is 96.3 Å². The summed E-state index contributed by atoms with van der Waals surface area (Å²) in [5, 5.41) is 47.8. The Kier molecular flexibility index (Phi) is 23.1. The van der Waals surface area contributed by atoms with Crippen molar-refractivity contribution in [1.82, 2.24) is 60.7 Å². The highest BCUT2D eigenvalue weighted by atomic mass is 35.5. The Hall–Kier alpha value is -9.57. The monoisotopic (exact) mass is 1270 g/mol. The molecule has 3 aromatic heterocycles. The number of amides is 5. The van der Waals surface area contributed by atoms with Gasteiger partial charge in [0.15, 0.2) is 34.5 Å². The van der Waals surface area contributed by atoms with Crippen LogP contribution in [0.4, 0.5) is 57.2 Å². The van der Waals surface area contributed by atoms with Gasteiger partial charge in [-0.3, -0.25) is 19.2 Å². The van der Waals surface area contributed by atoms with E-state index < -0.39 is 17.7 Å². The van der Waals surface area contributed by atoms with Crippen molar-refractivity contribution >= 4 is 117 Å². The van der Waals surface area contributed by atoms with Crippen molar-refractivity contribution in [2.75, 3.05) is 51.5 Å². The first-order valence-corrected chi connectivity index (χ1v) is 29.6. The van der Waals surface area contributed by atoms with Crippen LogP contribution in [0.5, 0.6) is 0 Å². The number of primary amides is 3. The standard InChI is InChI=1S/C24H26ClN7O3.C19H22ClN7O2.C16H20ClN7O/c1-15-19(8-5-13-32(15)24(34)35-14-16-6-3-2-4-7-16)28-23-29-22(20(21(26)33)30-31-23)27-18-11-9-17(25)10-12-18;1-3-15(28)27-10-4-5-14(11(27)2)23-19-24-18(16(17(21)29)25-26-19)22-13-8-6-12(20)7-9-13;1-9-12(3-2-8-19-9)21-16-22-15(13(14(18)25)23-24-16)20-11-6-4-10(17)5-7-11/h2-4,6-7,9-12,15,19H,5,8,13-14H2,1H3,(H2,26,33)(H2,27,28,29,31);3,6-9,11,14H,1,4-5,10H2,2H3,(H2,21,29)(H2,22,23,24,26);4-7,9,12,19H,2-3,8H2,1H3,(H2,18,25)(H2,20,21,22,24)/t15-,19-;11-,14-;9-,12-/m111/s1. The number of hydrogen-bond acceptors (Lipinski definition) is 22. The molecule has 3 saturated heterocycles. The number of benzene rings is 4. The average Bonchev–Trinajstić information content (AvgIpc) is 3.45.